The molecule has 1 aliphatic carbocycles. The van der Waals surface area contributed by atoms with E-state index in [1.54, 1.807) is 45.3 Å². The molecule has 35 heavy (non-hydrogen) atoms. The number of benzene rings is 1. The average Bonchev–Trinajstić information content (AvgIpc) is 2.78. The number of alkyl halides is 3. The van der Waals surface area contributed by atoms with E-state index >= 15 is 0 Å². The Bertz CT molecular complexity index is 1210. The van der Waals surface area contributed by atoms with Gasteiger partial charge in [-0.15, -0.1) is 0 Å². The van der Waals surface area contributed by atoms with Gasteiger partial charge in [0.1, 0.15) is 11.4 Å². The summed E-state index contributed by atoms with van der Waals surface area (Å²) in [6.45, 7) is 5.36. The highest BCUT2D eigenvalue weighted by Gasteiger charge is 2.31. The zero-order chi connectivity index (χ0) is 25.2. The van der Waals surface area contributed by atoms with Crippen molar-refractivity contribution in [1.82, 2.24) is 20.3 Å². The van der Waals surface area contributed by atoms with E-state index in [2.05, 4.69) is 20.6 Å². The number of halogens is 3. The van der Waals surface area contributed by atoms with E-state index in [4.69, 9.17) is 9.72 Å². The Morgan fingerprint density at radius 3 is 2.60 bits per heavy atom. The lowest BCUT2D eigenvalue weighted by atomic mass is 9.91. The minimum Gasteiger partial charge on any atom is -0.444 e. The molecule has 4 rings (SSSR count). The molecule has 1 aromatic carbocycles. The lowest BCUT2D eigenvalue weighted by Gasteiger charge is -2.28. The summed E-state index contributed by atoms with van der Waals surface area (Å²) in [6.07, 6.45) is -0.120. The number of anilines is 2. The van der Waals surface area contributed by atoms with E-state index in [1.807, 2.05) is 6.07 Å². The fourth-order valence-electron chi connectivity index (χ4n) is 3.85. The van der Waals surface area contributed by atoms with Gasteiger partial charge in [-0.05, 0) is 70.4 Å². The Labute approximate surface area is 201 Å². The zero-order valence-electron chi connectivity index (χ0n) is 19.6. The van der Waals surface area contributed by atoms with Crippen LogP contribution in [0.25, 0.3) is 11.4 Å². The Balaban J connectivity index is 1.67. The van der Waals surface area contributed by atoms with Crippen LogP contribution >= 0.6 is 0 Å². The zero-order valence-corrected chi connectivity index (χ0v) is 19.6. The number of amides is 1. The number of aryl methyl sites for hydroxylation is 1. The summed E-state index contributed by atoms with van der Waals surface area (Å²) < 4.78 is 45.1. The van der Waals surface area contributed by atoms with Crippen LogP contribution in [0.3, 0.4) is 0 Å². The van der Waals surface area contributed by atoms with E-state index in [0.29, 0.717) is 36.5 Å². The van der Waals surface area contributed by atoms with Crippen molar-refractivity contribution in [2.75, 3.05) is 5.32 Å². The van der Waals surface area contributed by atoms with Crippen molar-refractivity contribution in [1.29, 1.82) is 0 Å². The van der Waals surface area contributed by atoms with Gasteiger partial charge in [0, 0.05) is 40.9 Å². The smallest absolute Gasteiger partial charge is 0.416 e. The topological polar surface area (TPSA) is 89.0 Å². The summed E-state index contributed by atoms with van der Waals surface area (Å²) >= 11 is 0. The van der Waals surface area contributed by atoms with Crippen LogP contribution in [0.1, 0.15) is 44.0 Å². The molecular weight excluding hydrogens is 459 g/mol. The maximum absolute atomic E-state index is 13.2. The average molecular weight is 486 g/mol. The largest absolute Gasteiger partial charge is 0.444 e. The summed E-state index contributed by atoms with van der Waals surface area (Å²) in [7, 11) is 0. The van der Waals surface area contributed by atoms with E-state index in [1.165, 1.54) is 6.07 Å². The summed E-state index contributed by atoms with van der Waals surface area (Å²) in [4.78, 5) is 25.7. The number of aromatic nitrogens is 3. The fourth-order valence-corrected chi connectivity index (χ4v) is 3.85. The highest BCUT2D eigenvalue weighted by Crippen LogP contribution is 2.34. The second-order valence-electron chi connectivity index (χ2n) is 9.35. The van der Waals surface area contributed by atoms with Gasteiger partial charge in [-0.25, -0.2) is 14.8 Å². The van der Waals surface area contributed by atoms with Crippen LogP contribution in [0.2, 0.25) is 0 Å². The van der Waals surface area contributed by atoms with Crippen molar-refractivity contribution in [3.8, 4) is 11.4 Å². The molecule has 0 saturated carbocycles. The molecular formula is C25H26F3N5O2. The van der Waals surface area contributed by atoms with Crippen LogP contribution in [0, 0.1) is 0 Å². The van der Waals surface area contributed by atoms with Gasteiger partial charge in [0.2, 0.25) is 0 Å². The van der Waals surface area contributed by atoms with Crippen LogP contribution in [-0.2, 0) is 23.8 Å². The first-order valence-corrected chi connectivity index (χ1v) is 11.2. The molecule has 3 aromatic rings. The first-order valence-electron chi connectivity index (χ1n) is 11.2. The summed E-state index contributed by atoms with van der Waals surface area (Å²) in [5.74, 6) is 0.814. The lowest BCUT2D eigenvalue weighted by Crippen LogP contribution is -2.42. The van der Waals surface area contributed by atoms with Gasteiger partial charge >= 0.3 is 12.3 Å². The number of alkyl carbamates (subject to hydrolysis) is 1. The number of nitrogens with zero attached hydrogens (tertiary/aromatic N) is 3. The predicted molar refractivity (Wildman–Crippen MR) is 125 cm³/mol. The molecule has 10 heteroatoms. The minimum absolute atomic E-state index is 0.229. The molecule has 1 aliphatic rings. The maximum Gasteiger partial charge on any atom is 0.416 e. The van der Waals surface area contributed by atoms with Crippen molar-refractivity contribution in [3.05, 3.63) is 65.6 Å². The number of pyridine rings is 1. The summed E-state index contributed by atoms with van der Waals surface area (Å²) in [5.41, 5.74) is 1.06. The number of rotatable bonds is 4. The second-order valence-corrected chi connectivity index (χ2v) is 9.35. The molecule has 2 N–H and O–H groups in total. The van der Waals surface area contributed by atoms with Gasteiger partial charge < -0.3 is 15.4 Å². The van der Waals surface area contributed by atoms with Crippen LogP contribution in [-0.4, -0.2) is 32.7 Å². The van der Waals surface area contributed by atoms with Crippen molar-refractivity contribution < 1.29 is 22.7 Å². The lowest BCUT2D eigenvalue weighted by molar-refractivity contribution is -0.137. The Kier molecular flexibility index (Phi) is 6.64. The molecule has 0 saturated heterocycles. The van der Waals surface area contributed by atoms with E-state index in [0.717, 1.165) is 23.4 Å². The van der Waals surface area contributed by atoms with Crippen molar-refractivity contribution in [2.45, 2.75) is 57.9 Å². The molecule has 1 amide bonds. The molecule has 1 atom stereocenters. The minimum atomic E-state index is -4.47. The fraction of sp³-hybridized carbons (Fsp3) is 0.360. The normalized spacial score (nSPS) is 15.8. The number of carbonyl (C=O) groups excluding carboxylic acids is 1. The van der Waals surface area contributed by atoms with Crippen LogP contribution < -0.4 is 10.6 Å². The number of hydrogen-bond donors (Lipinski definition) is 2. The van der Waals surface area contributed by atoms with Gasteiger partial charge in [0.15, 0.2) is 5.82 Å². The third-order valence-corrected chi connectivity index (χ3v) is 5.37. The molecule has 184 valence electrons. The number of hydrogen-bond acceptors (Lipinski definition) is 6. The molecule has 0 aliphatic heterocycles. The Morgan fingerprint density at radius 1 is 1.11 bits per heavy atom. The number of nitrogens with one attached hydrogen (secondary N) is 2. The summed E-state index contributed by atoms with van der Waals surface area (Å²) in [5, 5.41) is 5.93. The quantitative estimate of drug-likeness (QED) is 0.494. The van der Waals surface area contributed by atoms with Gasteiger partial charge in [0.25, 0.3) is 0 Å². The third-order valence-electron chi connectivity index (χ3n) is 5.37. The van der Waals surface area contributed by atoms with Crippen LogP contribution in [0.4, 0.5) is 29.5 Å². The maximum atomic E-state index is 13.2. The molecule has 0 fully saturated rings. The van der Waals surface area contributed by atoms with Gasteiger partial charge in [-0.3, -0.25) is 4.98 Å². The highest BCUT2D eigenvalue weighted by molar-refractivity contribution is 5.69. The van der Waals surface area contributed by atoms with Crippen molar-refractivity contribution in [3.63, 3.8) is 0 Å². The number of fused-ring (bicyclic) bond motifs is 1. The third kappa shape index (κ3) is 6.26. The van der Waals surface area contributed by atoms with Crippen molar-refractivity contribution in [2.24, 2.45) is 0 Å². The van der Waals surface area contributed by atoms with E-state index < -0.39 is 23.4 Å². The Morgan fingerprint density at radius 2 is 1.91 bits per heavy atom. The van der Waals surface area contributed by atoms with Crippen LogP contribution in [0.15, 0.2) is 48.8 Å². The monoisotopic (exact) mass is 485 g/mol. The summed E-state index contributed by atoms with van der Waals surface area (Å²) in [6, 6.07) is 8.30. The highest BCUT2D eigenvalue weighted by atomic mass is 19.4. The SMILES string of the molecule is CC(C)(C)OC(=O)N[C@H]1CCc2nc(-c3cccnc3)nc(Nc3cccc(C(F)(F)F)c3)c2C1. The molecule has 0 unspecified atom stereocenters. The first-order chi connectivity index (χ1) is 16.5. The van der Waals surface area contributed by atoms with Gasteiger partial charge in [-0.2, -0.15) is 13.2 Å². The molecule has 0 radical (unpaired) electrons. The van der Waals surface area contributed by atoms with Crippen molar-refractivity contribution >= 4 is 17.6 Å². The van der Waals surface area contributed by atoms with E-state index in [9.17, 15) is 18.0 Å². The first kappa shape index (κ1) is 24.4. The molecule has 0 bridgehead atoms. The van der Waals surface area contributed by atoms with Gasteiger partial charge in [0.05, 0.1) is 5.56 Å². The number of ether oxygens (including phenoxy) is 1. The van der Waals surface area contributed by atoms with E-state index in [-0.39, 0.29) is 11.7 Å². The molecule has 2 aromatic heterocycles. The van der Waals surface area contributed by atoms with Gasteiger partial charge in [-0.1, -0.05) is 6.07 Å². The predicted octanol–water partition coefficient (Wildman–Crippen LogP) is 5.68. The Hall–Kier alpha value is -3.69. The number of carbonyl (C=O) groups is 1. The standard InChI is InChI=1S/C25H26F3N5O2/c1-24(2,3)35-23(34)31-18-9-10-20-19(13-18)22(33-21(32-20)15-6-5-11-29-14-15)30-17-8-4-7-16(12-17)25(26,27)28/h4-8,11-12,14,18H,9-10,13H2,1-3H3,(H,31,34)(H,30,32,33)/t18-/m0/s1. The molecule has 2 heterocycles. The second kappa shape index (κ2) is 9.52. The van der Waals surface area contributed by atoms with Crippen LogP contribution in [0.5, 0.6) is 0 Å². The molecule has 0 spiro atoms. The molecule has 7 nitrogen and oxygen atoms in total.